The first-order chi connectivity index (χ1) is 9.10. The molecule has 1 heterocycles. The van der Waals surface area contributed by atoms with Crippen LogP contribution in [0.15, 0.2) is 39.5 Å². The monoisotopic (exact) mass is 358 g/mol. The second-order valence-corrected chi connectivity index (χ2v) is 7.20. The summed E-state index contributed by atoms with van der Waals surface area (Å²) in [4.78, 5) is 2.26. The molecule has 0 fully saturated rings. The summed E-state index contributed by atoms with van der Waals surface area (Å²) in [6, 6.07) is 10.3. The minimum atomic E-state index is 0.205. The molecule has 0 aliphatic rings. The first kappa shape index (κ1) is 15.0. The van der Waals surface area contributed by atoms with Gasteiger partial charge >= 0.3 is 0 Å². The number of rotatable bonds is 5. The van der Waals surface area contributed by atoms with Crippen molar-refractivity contribution in [3.8, 4) is 0 Å². The largest absolute Gasteiger partial charge is 0.329 e. The lowest BCUT2D eigenvalue weighted by molar-refractivity contribution is 0.242. The summed E-state index contributed by atoms with van der Waals surface area (Å²) in [5.41, 5.74) is 8.42. The van der Waals surface area contributed by atoms with Gasteiger partial charge in [-0.25, -0.2) is 0 Å². The van der Waals surface area contributed by atoms with E-state index in [-0.39, 0.29) is 6.04 Å². The maximum absolute atomic E-state index is 5.92. The quantitative estimate of drug-likeness (QED) is 0.862. The molecule has 1 aromatic carbocycles. The van der Waals surface area contributed by atoms with Crippen molar-refractivity contribution in [2.75, 3.05) is 13.6 Å². The second kappa shape index (κ2) is 6.86. The van der Waals surface area contributed by atoms with E-state index in [1.165, 1.54) is 11.1 Å². The van der Waals surface area contributed by atoms with Crippen LogP contribution >= 0.6 is 38.9 Å². The van der Waals surface area contributed by atoms with E-state index in [1.54, 1.807) is 11.3 Å². The van der Waals surface area contributed by atoms with Crippen molar-refractivity contribution in [1.82, 2.24) is 4.90 Å². The third kappa shape index (κ3) is 4.04. The third-order valence-corrected chi connectivity index (χ3v) is 4.87. The van der Waals surface area contributed by atoms with Crippen LogP contribution in [0.4, 0.5) is 0 Å². The summed E-state index contributed by atoms with van der Waals surface area (Å²) in [6.07, 6.45) is 0. The van der Waals surface area contributed by atoms with Crippen molar-refractivity contribution in [1.29, 1.82) is 0 Å². The molecule has 2 aromatic rings. The van der Waals surface area contributed by atoms with Gasteiger partial charge in [-0.1, -0.05) is 23.7 Å². The molecule has 1 aromatic heterocycles. The molecule has 2 nitrogen and oxygen atoms in total. The molecule has 0 aliphatic carbocycles. The minimum Gasteiger partial charge on any atom is -0.329 e. The molecule has 0 radical (unpaired) electrons. The van der Waals surface area contributed by atoms with E-state index in [0.29, 0.717) is 6.54 Å². The predicted molar refractivity (Wildman–Crippen MR) is 86.7 cm³/mol. The summed E-state index contributed by atoms with van der Waals surface area (Å²) in [5, 5.41) is 2.92. The zero-order valence-electron chi connectivity index (χ0n) is 10.6. The number of benzene rings is 1. The molecule has 0 saturated carbocycles. The number of halogens is 2. The molecule has 2 rings (SSSR count). The number of nitrogens with zero attached hydrogens (tertiary/aromatic N) is 1. The molecule has 5 heteroatoms. The van der Waals surface area contributed by atoms with E-state index < -0.39 is 0 Å². The highest BCUT2D eigenvalue weighted by Gasteiger charge is 2.16. The molecular formula is C14H16BrClN2S. The van der Waals surface area contributed by atoms with E-state index in [9.17, 15) is 0 Å². The van der Waals surface area contributed by atoms with Gasteiger partial charge in [0.1, 0.15) is 0 Å². The van der Waals surface area contributed by atoms with E-state index >= 15 is 0 Å². The fourth-order valence-electron chi connectivity index (χ4n) is 2.08. The maximum atomic E-state index is 5.92. The van der Waals surface area contributed by atoms with Crippen LogP contribution < -0.4 is 5.73 Å². The van der Waals surface area contributed by atoms with Crippen LogP contribution in [0, 0.1) is 0 Å². The summed E-state index contributed by atoms with van der Waals surface area (Å²) >= 11 is 11.1. The highest BCUT2D eigenvalue weighted by atomic mass is 79.9. The zero-order chi connectivity index (χ0) is 13.8. The zero-order valence-corrected chi connectivity index (χ0v) is 13.8. The molecule has 0 spiro atoms. The van der Waals surface area contributed by atoms with Crippen molar-refractivity contribution < 1.29 is 0 Å². The molecule has 2 N–H and O–H groups in total. The molecule has 19 heavy (non-hydrogen) atoms. The summed E-state index contributed by atoms with van der Waals surface area (Å²) in [5.74, 6) is 0. The highest BCUT2D eigenvalue weighted by Crippen LogP contribution is 2.25. The fourth-order valence-corrected chi connectivity index (χ4v) is 3.41. The lowest BCUT2D eigenvalue weighted by Gasteiger charge is -2.27. The van der Waals surface area contributed by atoms with Crippen molar-refractivity contribution in [3.05, 3.63) is 55.6 Å². The van der Waals surface area contributed by atoms with Crippen LogP contribution in [0.1, 0.15) is 17.2 Å². The minimum absolute atomic E-state index is 0.205. The molecule has 0 aliphatic heterocycles. The van der Waals surface area contributed by atoms with E-state index in [2.05, 4.69) is 39.3 Å². The summed E-state index contributed by atoms with van der Waals surface area (Å²) in [7, 11) is 2.09. The molecule has 102 valence electrons. The number of nitrogens with two attached hydrogens (primary N) is 1. The average molecular weight is 360 g/mol. The Labute approximate surface area is 131 Å². The van der Waals surface area contributed by atoms with Crippen molar-refractivity contribution >= 4 is 38.9 Å². The van der Waals surface area contributed by atoms with Crippen LogP contribution in [0.5, 0.6) is 0 Å². The Bertz CT molecular complexity index is 526. The van der Waals surface area contributed by atoms with Crippen molar-refractivity contribution in [3.63, 3.8) is 0 Å². The van der Waals surface area contributed by atoms with Crippen molar-refractivity contribution in [2.24, 2.45) is 5.73 Å². The van der Waals surface area contributed by atoms with Gasteiger partial charge in [0.2, 0.25) is 0 Å². The van der Waals surface area contributed by atoms with Gasteiger partial charge < -0.3 is 5.73 Å². The Balaban J connectivity index is 2.10. The number of hydrogen-bond acceptors (Lipinski definition) is 3. The number of thiophene rings is 1. The molecule has 0 saturated heterocycles. The second-order valence-electron chi connectivity index (χ2n) is 4.48. The van der Waals surface area contributed by atoms with Crippen molar-refractivity contribution in [2.45, 2.75) is 12.6 Å². The Hall–Kier alpha value is -0.390. The summed E-state index contributed by atoms with van der Waals surface area (Å²) in [6.45, 7) is 1.47. The van der Waals surface area contributed by atoms with Gasteiger partial charge in [0.15, 0.2) is 0 Å². The molecule has 1 atom stereocenters. The van der Waals surface area contributed by atoms with E-state index in [1.807, 2.05) is 24.3 Å². The normalized spacial score (nSPS) is 12.9. The molecular weight excluding hydrogens is 344 g/mol. The average Bonchev–Trinajstić information content (AvgIpc) is 2.78. The highest BCUT2D eigenvalue weighted by molar-refractivity contribution is 9.11. The van der Waals surface area contributed by atoms with Gasteiger partial charge in [0, 0.05) is 24.2 Å². The van der Waals surface area contributed by atoms with E-state index in [4.69, 9.17) is 17.3 Å². The van der Waals surface area contributed by atoms with Crippen LogP contribution in [0.2, 0.25) is 5.02 Å². The van der Waals surface area contributed by atoms with Gasteiger partial charge in [-0.2, -0.15) is 0 Å². The Morgan fingerprint density at radius 3 is 2.58 bits per heavy atom. The number of hydrogen-bond donors (Lipinski definition) is 1. The predicted octanol–water partition coefficient (Wildman–Crippen LogP) is 4.30. The lowest BCUT2D eigenvalue weighted by atomic mass is 10.1. The van der Waals surface area contributed by atoms with E-state index in [0.717, 1.165) is 15.4 Å². The molecule has 1 unspecified atom stereocenters. The smallest absolute Gasteiger partial charge is 0.0701 e. The van der Waals surface area contributed by atoms with Gasteiger partial charge in [-0.3, -0.25) is 4.90 Å². The van der Waals surface area contributed by atoms with Gasteiger partial charge in [0.05, 0.1) is 3.79 Å². The van der Waals surface area contributed by atoms with Crippen LogP contribution in [-0.2, 0) is 6.54 Å². The first-order valence-electron chi connectivity index (χ1n) is 5.99. The first-order valence-corrected chi connectivity index (χ1v) is 8.04. The van der Waals surface area contributed by atoms with Crippen LogP contribution in [0.3, 0.4) is 0 Å². The van der Waals surface area contributed by atoms with Gasteiger partial charge in [-0.05, 0) is 57.7 Å². The number of likely N-dealkylation sites (N-methyl/N-ethyl adjacent to an activating group) is 1. The van der Waals surface area contributed by atoms with Crippen LogP contribution in [-0.4, -0.2) is 18.5 Å². The SMILES string of the molecule is CN(Cc1csc(Br)c1)C(CN)c1ccc(Cl)cc1. The van der Waals surface area contributed by atoms with Gasteiger partial charge in [0.25, 0.3) is 0 Å². The standard InChI is InChI=1S/C14H16BrClN2S/c1-18(8-10-6-14(15)19-9-10)13(7-17)11-2-4-12(16)5-3-11/h2-6,9,13H,7-8,17H2,1H3. The fraction of sp³-hybridized carbons (Fsp3) is 0.286. The molecule has 0 bridgehead atoms. The summed E-state index contributed by atoms with van der Waals surface area (Å²) < 4.78 is 1.16. The maximum Gasteiger partial charge on any atom is 0.0701 e. The topological polar surface area (TPSA) is 29.3 Å². The lowest BCUT2D eigenvalue weighted by Crippen LogP contribution is -2.30. The Kier molecular flexibility index (Phi) is 5.42. The van der Waals surface area contributed by atoms with Crippen LogP contribution in [0.25, 0.3) is 0 Å². The van der Waals surface area contributed by atoms with Gasteiger partial charge in [-0.15, -0.1) is 11.3 Å². The molecule has 0 amide bonds. The third-order valence-electron chi connectivity index (χ3n) is 3.06. The Morgan fingerprint density at radius 2 is 2.05 bits per heavy atom. The Morgan fingerprint density at radius 1 is 1.37 bits per heavy atom.